The number of benzene rings is 1. The van der Waals surface area contributed by atoms with E-state index in [2.05, 4.69) is 16.0 Å². The Hall–Kier alpha value is -1.48. The van der Waals surface area contributed by atoms with Crippen molar-refractivity contribution in [1.82, 2.24) is 9.97 Å². The molecule has 4 heteroatoms. The third kappa shape index (κ3) is 2.23. The largest absolute Gasteiger partial charge is 0.493 e. The number of ether oxygens (including phenoxy) is 1. The Morgan fingerprint density at radius 3 is 3.17 bits per heavy atom. The van der Waals surface area contributed by atoms with E-state index < -0.39 is 0 Å². The first-order chi connectivity index (χ1) is 8.84. The molecular weight excluding hydrogens is 248 g/mol. The van der Waals surface area contributed by atoms with E-state index in [4.69, 9.17) is 16.3 Å². The van der Waals surface area contributed by atoms with E-state index in [-0.39, 0.29) is 5.38 Å². The number of aromatic nitrogens is 2. The summed E-state index contributed by atoms with van der Waals surface area (Å²) in [5.74, 6) is 2.25. The monoisotopic (exact) mass is 262 g/mol. The van der Waals surface area contributed by atoms with Crippen molar-refractivity contribution in [2.24, 2.45) is 0 Å². The molecule has 0 amide bonds. The molecule has 2 aromatic rings. The second-order valence-corrected chi connectivity index (χ2v) is 5.10. The van der Waals surface area contributed by atoms with Gasteiger partial charge in [-0.2, -0.15) is 0 Å². The molecule has 0 saturated heterocycles. The molecule has 0 bridgehead atoms. The number of nitrogens with one attached hydrogen (secondary N) is 1. The van der Waals surface area contributed by atoms with Gasteiger partial charge in [-0.3, -0.25) is 0 Å². The van der Waals surface area contributed by atoms with Gasteiger partial charge in [0, 0.05) is 30.1 Å². The molecule has 2 heterocycles. The summed E-state index contributed by atoms with van der Waals surface area (Å²) >= 11 is 6.56. The second kappa shape index (κ2) is 5.02. The predicted octanol–water partition coefficient (Wildman–Crippen LogP) is 3.13. The van der Waals surface area contributed by atoms with Crippen LogP contribution in [0.5, 0.6) is 5.75 Å². The average Bonchev–Trinajstić information content (AvgIpc) is 2.91. The number of nitrogens with zero attached hydrogens (tertiary/aromatic N) is 1. The maximum absolute atomic E-state index is 6.56. The lowest BCUT2D eigenvalue weighted by atomic mass is 9.88. The smallest absolute Gasteiger partial charge is 0.122 e. The van der Waals surface area contributed by atoms with Crippen LogP contribution in [0.15, 0.2) is 36.7 Å². The number of imidazole rings is 1. The van der Waals surface area contributed by atoms with Gasteiger partial charge in [-0.15, -0.1) is 11.6 Å². The van der Waals surface area contributed by atoms with E-state index >= 15 is 0 Å². The minimum absolute atomic E-state index is 0.0428. The number of aromatic amines is 1. The lowest BCUT2D eigenvalue weighted by Gasteiger charge is -2.28. The van der Waals surface area contributed by atoms with Crippen LogP contribution < -0.4 is 4.74 Å². The summed E-state index contributed by atoms with van der Waals surface area (Å²) in [5.41, 5.74) is 1.22. The highest BCUT2D eigenvalue weighted by Gasteiger charge is 2.28. The number of hydrogen-bond acceptors (Lipinski definition) is 2. The third-order valence-corrected chi connectivity index (χ3v) is 3.84. The van der Waals surface area contributed by atoms with Crippen LogP contribution >= 0.6 is 11.6 Å². The molecule has 1 N–H and O–H groups in total. The molecular formula is C14H15ClN2O. The standard InChI is InChI=1S/C14H15ClN2O/c15-12(9-14-16-6-7-17-14)10-5-8-18-13-4-2-1-3-11(10)13/h1-4,6-7,10,12H,5,8-9H2,(H,16,17). The predicted molar refractivity (Wildman–Crippen MR) is 71.2 cm³/mol. The Morgan fingerprint density at radius 1 is 1.44 bits per heavy atom. The highest BCUT2D eigenvalue weighted by molar-refractivity contribution is 6.21. The van der Waals surface area contributed by atoms with Gasteiger partial charge < -0.3 is 9.72 Å². The Bertz CT molecular complexity index is 512. The Morgan fingerprint density at radius 2 is 2.33 bits per heavy atom. The zero-order valence-corrected chi connectivity index (χ0v) is 10.7. The molecule has 94 valence electrons. The SMILES string of the molecule is ClC(Cc1ncc[nH]1)C1CCOc2ccccc21. The number of H-pyrrole nitrogens is 1. The minimum Gasteiger partial charge on any atom is -0.493 e. The van der Waals surface area contributed by atoms with Gasteiger partial charge in [-0.05, 0) is 18.1 Å². The van der Waals surface area contributed by atoms with Crippen molar-refractivity contribution in [3.8, 4) is 5.75 Å². The van der Waals surface area contributed by atoms with Gasteiger partial charge in [0.15, 0.2) is 0 Å². The van der Waals surface area contributed by atoms with E-state index in [0.717, 1.165) is 31.0 Å². The van der Waals surface area contributed by atoms with E-state index in [9.17, 15) is 0 Å². The van der Waals surface area contributed by atoms with Crippen molar-refractivity contribution in [1.29, 1.82) is 0 Å². The van der Waals surface area contributed by atoms with E-state index in [1.54, 1.807) is 6.20 Å². The van der Waals surface area contributed by atoms with Crippen molar-refractivity contribution in [2.75, 3.05) is 6.61 Å². The first-order valence-corrected chi connectivity index (χ1v) is 6.62. The highest BCUT2D eigenvalue weighted by atomic mass is 35.5. The van der Waals surface area contributed by atoms with E-state index in [1.165, 1.54) is 5.56 Å². The zero-order chi connectivity index (χ0) is 12.4. The first-order valence-electron chi connectivity index (χ1n) is 6.18. The van der Waals surface area contributed by atoms with Gasteiger partial charge >= 0.3 is 0 Å². The summed E-state index contributed by atoms with van der Waals surface area (Å²) in [6.07, 6.45) is 5.31. The van der Waals surface area contributed by atoms with Crippen molar-refractivity contribution >= 4 is 11.6 Å². The molecule has 18 heavy (non-hydrogen) atoms. The van der Waals surface area contributed by atoms with Crippen molar-refractivity contribution in [3.63, 3.8) is 0 Å². The van der Waals surface area contributed by atoms with Crippen LogP contribution in [0.1, 0.15) is 23.7 Å². The van der Waals surface area contributed by atoms with Crippen LogP contribution in [0.3, 0.4) is 0 Å². The summed E-state index contributed by atoms with van der Waals surface area (Å²) in [6, 6.07) is 8.16. The highest BCUT2D eigenvalue weighted by Crippen LogP contribution is 2.38. The molecule has 3 rings (SSSR count). The molecule has 0 aliphatic carbocycles. The molecule has 3 nitrogen and oxygen atoms in total. The molecule has 1 aliphatic rings. The van der Waals surface area contributed by atoms with Gasteiger partial charge in [0.25, 0.3) is 0 Å². The Labute approximate surface area is 111 Å². The summed E-state index contributed by atoms with van der Waals surface area (Å²) in [7, 11) is 0. The van der Waals surface area contributed by atoms with Crippen LogP contribution in [-0.4, -0.2) is 22.0 Å². The third-order valence-electron chi connectivity index (χ3n) is 3.38. The summed E-state index contributed by atoms with van der Waals surface area (Å²) in [6.45, 7) is 0.739. The number of alkyl halides is 1. The number of halogens is 1. The molecule has 2 unspecified atom stereocenters. The molecule has 1 aromatic heterocycles. The maximum Gasteiger partial charge on any atom is 0.122 e. The quantitative estimate of drug-likeness (QED) is 0.863. The maximum atomic E-state index is 6.56. The van der Waals surface area contributed by atoms with Crippen molar-refractivity contribution in [3.05, 3.63) is 48.0 Å². The van der Waals surface area contributed by atoms with Crippen LogP contribution in [0.2, 0.25) is 0 Å². The molecule has 0 spiro atoms. The van der Waals surface area contributed by atoms with Gasteiger partial charge in [0.1, 0.15) is 11.6 Å². The molecule has 2 atom stereocenters. The molecule has 0 fully saturated rings. The summed E-state index contributed by atoms with van der Waals surface area (Å²) < 4.78 is 5.66. The first kappa shape index (κ1) is 11.6. The fourth-order valence-electron chi connectivity index (χ4n) is 2.48. The Kier molecular flexibility index (Phi) is 3.24. The van der Waals surface area contributed by atoms with Gasteiger partial charge in [-0.25, -0.2) is 4.98 Å². The van der Waals surface area contributed by atoms with Crippen molar-refractivity contribution < 1.29 is 4.74 Å². The lowest BCUT2D eigenvalue weighted by molar-refractivity contribution is 0.264. The van der Waals surface area contributed by atoms with E-state index in [1.807, 2.05) is 24.4 Å². The summed E-state index contributed by atoms with van der Waals surface area (Å²) in [5, 5.41) is 0.0428. The minimum atomic E-state index is 0.0428. The number of para-hydroxylation sites is 1. The van der Waals surface area contributed by atoms with Crippen LogP contribution in [0.25, 0.3) is 0 Å². The molecule has 0 saturated carbocycles. The van der Waals surface area contributed by atoms with Crippen LogP contribution in [0.4, 0.5) is 0 Å². The van der Waals surface area contributed by atoms with Gasteiger partial charge in [-0.1, -0.05) is 18.2 Å². The van der Waals surface area contributed by atoms with Crippen molar-refractivity contribution in [2.45, 2.75) is 24.1 Å². The van der Waals surface area contributed by atoms with Gasteiger partial charge in [0.2, 0.25) is 0 Å². The summed E-state index contributed by atoms with van der Waals surface area (Å²) in [4.78, 5) is 7.34. The Balaban J connectivity index is 1.80. The molecule has 1 aromatic carbocycles. The normalized spacial score (nSPS) is 19.9. The molecule has 0 radical (unpaired) electrons. The topological polar surface area (TPSA) is 37.9 Å². The number of rotatable bonds is 3. The average molecular weight is 263 g/mol. The number of hydrogen-bond donors (Lipinski definition) is 1. The second-order valence-electron chi connectivity index (χ2n) is 4.54. The zero-order valence-electron chi connectivity index (χ0n) is 9.97. The number of fused-ring (bicyclic) bond motifs is 1. The molecule has 1 aliphatic heterocycles. The van der Waals surface area contributed by atoms with Crippen LogP contribution in [0, 0.1) is 0 Å². The lowest BCUT2D eigenvalue weighted by Crippen LogP contribution is -2.23. The van der Waals surface area contributed by atoms with E-state index in [0.29, 0.717) is 5.92 Å². The fraction of sp³-hybridized carbons (Fsp3) is 0.357. The van der Waals surface area contributed by atoms with Gasteiger partial charge in [0.05, 0.1) is 6.61 Å². The van der Waals surface area contributed by atoms with Crippen LogP contribution in [-0.2, 0) is 6.42 Å². The fourth-order valence-corrected chi connectivity index (χ4v) is 2.89.